The van der Waals surface area contributed by atoms with Gasteiger partial charge in [0.05, 0.1) is 24.7 Å². The zero-order chi connectivity index (χ0) is 20.8. The van der Waals surface area contributed by atoms with Crippen LogP contribution in [-0.4, -0.2) is 22.6 Å². The summed E-state index contributed by atoms with van der Waals surface area (Å²) in [6.07, 6.45) is 3.90. The first-order valence-corrected chi connectivity index (χ1v) is 8.62. The van der Waals surface area contributed by atoms with Gasteiger partial charge in [-0.05, 0) is 42.1 Å². The maximum atomic E-state index is 14.5. The van der Waals surface area contributed by atoms with E-state index in [-0.39, 0.29) is 28.4 Å². The lowest BCUT2D eigenvalue weighted by molar-refractivity contribution is 0.404. The molecule has 0 aliphatic heterocycles. The van der Waals surface area contributed by atoms with Gasteiger partial charge < -0.3 is 10.5 Å². The summed E-state index contributed by atoms with van der Waals surface area (Å²) in [6, 6.07) is 12.8. The number of methoxy groups -OCH3 is 1. The Morgan fingerprint density at radius 3 is 2.66 bits per heavy atom. The molecule has 1 aromatic heterocycles. The molecule has 29 heavy (non-hydrogen) atoms. The minimum absolute atomic E-state index is 0.0255. The lowest BCUT2D eigenvalue weighted by atomic mass is 10.2. The molecular weight excluding hydrogens is 378 g/mol. The van der Waals surface area contributed by atoms with Crippen molar-refractivity contribution in [2.24, 2.45) is 10.7 Å². The zero-order valence-corrected chi connectivity index (χ0v) is 15.5. The summed E-state index contributed by atoms with van der Waals surface area (Å²) in [7, 11) is 1.32. The number of para-hydroxylation sites is 1. The van der Waals surface area contributed by atoms with E-state index in [0.29, 0.717) is 5.69 Å². The number of aliphatic imine (C=N–C) groups is 1. The number of ether oxygens (including phenoxy) is 1. The van der Waals surface area contributed by atoms with E-state index in [0.717, 1.165) is 10.7 Å². The third-order valence-corrected chi connectivity index (χ3v) is 4.02. The first-order chi connectivity index (χ1) is 14.1. The minimum Gasteiger partial charge on any atom is -0.491 e. The molecule has 3 aromatic rings. The molecule has 0 fully saturated rings. The van der Waals surface area contributed by atoms with Gasteiger partial charge in [0.15, 0.2) is 11.4 Å². The highest BCUT2D eigenvalue weighted by molar-refractivity contribution is 6.08. The number of nitrogens with two attached hydrogens (primary N) is 1. The van der Waals surface area contributed by atoms with Crippen LogP contribution in [0.4, 0.5) is 14.5 Å². The number of nitrogens with zero attached hydrogens (tertiary/aromatic N) is 3. The molecule has 8 heteroatoms. The first kappa shape index (κ1) is 19.9. The Kier molecular flexibility index (Phi) is 6.13. The molecule has 0 saturated heterocycles. The Morgan fingerprint density at radius 1 is 1.28 bits per heavy atom. The molecule has 0 amide bonds. The number of benzene rings is 2. The van der Waals surface area contributed by atoms with Crippen LogP contribution in [0.15, 0.2) is 76.8 Å². The molecular formula is C21H18F2N4O2. The van der Waals surface area contributed by atoms with Crippen molar-refractivity contribution in [3.63, 3.8) is 0 Å². The fourth-order valence-corrected chi connectivity index (χ4v) is 2.63. The summed E-state index contributed by atoms with van der Waals surface area (Å²) in [4.78, 5) is 17.2. The molecule has 0 spiro atoms. The second kappa shape index (κ2) is 8.92. The van der Waals surface area contributed by atoms with Crippen molar-refractivity contribution in [2.45, 2.75) is 6.67 Å². The molecule has 2 aromatic carbocycles. The Bertz CT molecular complexity index is 1130. The van der Waals surface area contributed by atoms with Gasteiger partial charge in [-0.25, -0.2) is 18.5 Å². The highest BCUT2D eigenvalue weighted by Gasteiger charge is 2.17. The topological polar surface area (TPSA) is 82.5 Å². The summed E-state index contributed by atoms with van der Waals surface area (Å²) in [5.41, 5.74) is 5.88. The maximum absolute atomic E-state index is 14.5. The molecule has 3 rings (SSSR count). The normalized spacial score (nSPS) is 11.8. The van der Waals surface area contributed by atoms with E-state index in [2.05, 4.69) is 10.1 Å². The van der Waals surface area contributed by atoms with E-state index in [1.54, 1.807) is 24.3 Å². The van der Waals surface area contributed by atoms with Crippen molar-refractivity contribution >= 4 is 11.4 Å². The SMILES string of the molecule is COc1cn(-c2ccc(CF)cc2F)nc(C(C=CN)=Nc2ccccc2)c1=O. The highest BCUT2D eigenvalue weighted by atomic mass is 19.1. The Morgan fingerprint density at radius 2 is 2.03 bits per heavy atom. The monoisotopic (exact) mass is 396 g/mol. The fourth-order valence-electron chi connectivity index (χ4n) is 2.63. The molecule has 0 atom stereocenters. The fraction of sp³-hybridized carbons (Fsp3) is 0.0952. The van der Waals surface area contributed by atoms with Gasteiger partial charge in [0, 0.05) is 0 Å². The summed E-state index contributed by atoms with van der Waals surface area (Å²) < 4.78 is 33.6. The van der Waals surface area contributed by atoms with Gasteiger partial charge in [-0.2, -0.15) is 5.10 Å². The van der Waals surface area contributed by atoms with Crippen LogP contribution in [0.5, 0.6) is 5.75 Å². The van der Waals surface area contributed by atoms with Crippen LogP contribution in [0.3, 0.4) is 0 Å². The largest absolute Gasteiger partial charge is 0.491 e. The standard InChI is InChI=1S/C21H18F2N4O2/c1-29-19-13-27(18-8-7-14(12-22)11-16(18)23)26-20(21(19)28)17(9-10-24)25-15-5-3-2-4-6-15/h2-11,13H,12,24H2,1H3. The average molecular weight is 396 g/mol. The van der Waals surface area contributed by atoms with Gasteiger partial charge in [-0.3, -0.25) is 4.79 Å². The van der Waals surface area contributed by atoms with Gasteiger partial charge in [0.1, 0.15) is 18.2 Å². The van der Waals surface area contributed by atoms with Crippen LogP contribution < -0.4 is 15.9 Å². The van der Waals surface area contributed by atoms with Crippen molar-refractivity contribution in [2.75, 3.05) is 7.11 Å². The van der Waals surface area contributed by atoms with E-state index in [1.165, 1.54) is 37.7 Å². The number of hydrogen-bond donors (Lipinski definition) is 1. The molecule has 0 bridgehead atoms. The second-order valence-electron chi connectivity index (χ2n) is 5.93. The van der Waals surface area contributed by atoms with Crippen LogP contribution in [0.25, 0.3) is 5.69 Å². The summed E-state index contributed by atoms with van der Waals surface area (Å²) in [6.45, 7) is -0.793. The van der Waals surface area contributed by atoms with Gasteiger partial charge >= 0.3 is 0 Å². The van der Waals surface area contributed by atoms with Gasteiger partial charge in [-0.1, -0.05) is 24.3 Å². The third-order valence-electron chi connectivity index (χ3n) is 4.02. The predicted molar refractivity (Wildman–Crippen MR) is 107 cm³/mol. The van der Waals surface area contributed by atoms with Crippen LogP contribution in [-0.2, 0) is 6.67 Å². The second-order valence-corrected chi connectivity index (χ2v) is 5.93. The summed E-state index contributed by atoms with van der Waals surface area (Å²) in [5, 5.41) is 4.24. The lowest BCUT2D eigenvalue weighted by Gasteiger charge is -2.12. The van der Waals surface area contributed by atoms with E-state index in [1.807, 2.05) is 6.07 Å². The molecule has 148 valence electrons. The molecule has 0 aliphatic rings. The maximum Gasteiger partial charge on any atom is 0.251 e. The quantitative estimate of drug-likeness (QED) is 0.647. The molecule has 0 aliphatic carbocycles. The van der Waals surface area contributed by atoms with E-state index >= 15 is 0 Å². The molecule has 0 radical (unpaired) electrons. The molecule has 0 saturated carbocycles. The zero-order valence-electron chi connectivity index (χ0n) is 15.5. The van der Waals surface area contributed by atoms with E-state index < -0.39 is 17.9 Å². The van der Waals surface area contributed by atoms with Gasteiger partial charge in [0.25, 0.3) is 5.43 Å². The predicted octanol–water partition coefficient (Wildman–Crippen LogP) is 3.44. The number of halogens is 2. The number of rotatable bonds is 6. The number of allylic oxidation sites excluding steroid dienone is 1. The molecule has 6 nitrogen and oxygen atoms in total. The van der Waals surface area contributed by atoms with Crippen LogP contribution in [0.2, 0.25) is 0 Å². The Labute approximate surface area is 165 Å². The van der Waals surface area contributed by atoms with Crippen LogP contribution >= 0.6 is 0 Å². The van der Waals surface area contributed by atoms with Gasteiger partial charge in [0.2, 0.25) is 0 Å². The van der Waals surface area contributed by atoms with Crippen LogP contribution in [0.1, 0.15) is 11.3 Å². The number of alkyl halides is 1. The van der Waals surface area contributed by atoms with Crippen molar-refractivity contribution in [1.82, 2.24) is 9.78 Å². The average Bonchev–Trinajstić information content (AvgIpc) is 2.74. The van der Waals surface area contributed by atoms with Gasteiger partial charge in [-0.15, -0.1) is 0 Å². The van der Waals surface area contributed by atoms with Crippen molar-refractivity contribution < 1.29 is 13.5 Å². The molecule has 2 N–H and O–H groups in total. The smallest absolute Gasteiger partial charge is 0.251 e. The Balaban J connectivity index is 2.22. The molecule has 1 heterocycles. The van der Waals surface area contributed by atoms with E-state index in [4.69, 9.17) is 10.5 Å². The summed E-state index contributed by atoms with van der Waals surface area (Å²) in [5.74, 6) is -0.754. The number of aromatic nitrogens is 2. The number of hydrogen-bond acceptors (Lipinski definition) is 5. The minimum atomic E-state index is -0.793. The van der Waals surface area contributed by atoms with Crippen molar-refractivity contribution in [3.8, 4) is 11.4 Å². The first-order valence-electron chi connectivity index (χ1n) is 8.62. The summed E-state index contributed by atoms with van der Waals surface area (Å²) >= 11 is 0. The molecule has 0 unspecified atom stereocenters. The van der Waals surface area contributed by atoms with Crippen molar-refractivity contribution in [3.05, 3.63) is 94.3 Å². The van der Waals surface area contributed by atoms with Crippen LogP contribution in [0, 0.1) is 5.82 Å². The third kappa shape index (κ3) is 4.37. The van der Waals surface area contributed by atoms with Crippen molar-refractivity contribution in [1.29, 1.82) is 0 Å². The van der Waals surface area contributed by atoms with E-state index in [9.17, 15) is 13.6 Å². The highest BCUT2D eigenvalue weighted by Crippen LogP contribution is 2.18. The Hall–Kier alpha value is -3.81. The lowest BCUT2D eigenvalue weighted by Crippen LogP contribution is -2.23.